The van der Waals surface area contributed by atoms with E-state index in [1.807, 2.05) is 45.0 Å². The summed E-state index contributed by atoms with van der Waals surface area (Å²) in [4.78, 5) is 29.1. The van der Waals surface area contributed by atoms with Gasteiger partial charge in [0.15, 0.2) is 5.76 Å². The predicted molar refractivity (Wildman–Crippen MR) is 112 cm³/mol. The predicted octanol–water partition coefficient (Wildman–Crippen LogP) is 3.41. The van der Waals surface area contributed by atoms with E-state index in [4.69, 9.17) is 4.42 Å². The zero-order chi connectivity index (χ0) is 19.4. The normalized spacial score (nSPS) is 14.3. The lowest BCUT2D eigenvalue weighted by atomic mass is 10.1. The number of hydrogen-bond donors (Lipinski definition) is 2. The SMILES string of the molecule is CC(C)(C)NC(=O)CNC(=O)c1oc2ccccc2c1CSC1=NCCS1. The van der Waals surface area contributed by atoms with Crippen LogP contribution in [0.2, 0.25) is 0 Å². The van der Waals surface area contributed by atoms with E-state index in [2.05, 4.69) is 15.6 Å². The lowest BCUT2D eigenvalue weighted by Gasteiger charge is -2.20. The van der Waals surface area contributed by atoms with Crippen molar-refractivity contribution in [2.75, 3.05) is 18.8 Å². The van der Waals surface area contributed by atoms with Gasteiger partial charge < -0.3 is 15.1 Å². The van der Waals surface area contributed by atoms with E-state index in [0.29, 0.717) is 11.3 Å². The van der Waals surface area contributed by atoms with Crippen molar-refractivity contribution in [2.24, 2.45) is 4.99 Å². The molecule has 1 aliphatic heterocycles. The van der Waals surface area contributed by atoms with Gasteiger partial charge in [-0.3, -0.25) is 14.6 Å². The van der Waals surface area contributed by atoms with Gasteiger partial charge in [-0.15, -0.1) is 0 Å². The molecule has 0 spiro atoms. The molecule has 2 amide bonds. The largest absolute Gasteiger partial charge is 0.451 e. The fraction of sp³-hybridized carbons (Fsp3) is 0.421. The van der Waals surface area contributed by atoms with Crippen LogP contribution in [0.15, 0.2) is 33.7 Å². The number of thioether (sulfide) groups is 2. The first kappa shape index (κ1) is 19.8. The van der Waals surface area contributed by atoms with Crippen molar-refractivity contribution in [1.29, 1.82) is 0 Å². The number of nitrogens with zero attached hydrogens (tertiary/aromatic N) is 1. The van der Waals surface area contributed by atoms with Gasteiger partial charge in [0.05, 0.1) is 13.1 Å². The summed E-state index contributed by atoms with van der Waals surface area (Å²) >= 11 is 3.35. The van der Waals surface area contributed by atoms with Gasteiger partial charge in [-0.2, -0.15) is 0 Å². The zero-order valence-electron chi connectivity index (χ0n) is 15.6. The maximum absolute atomic E-state index is 12.7. The number of rotatable bonds is 5. The van der Waals surface area contributed by atoms with E-state index in [9.17, 15) is 9.59 Å². The molecule has 0 saturated carbocycles. The van der Waals surface area contributed by atoms with Crippen molar-refractivity contribution in [3.63, 3.8) is 0 Å². The lowest BCUT2D eigenvalue weighted by molar-refractivity contribution is -0.121. The number of aliphatic imine (C=N–C) groups is 1. The Balaban J connectivity index is 1.75. The highest BCUT2D eigenvalue weighted by Crippen LogP contribution is 2.32. The molecule has 3 rings (SSSR count). The molecular weight excluding hydrogens is 382 g/mol. The van der Waals surface area contributed by atoms with Crippen molar-refractivity contribution in [1.82, 2.24) is 10.6 Å². The number of amides is 2. The van der Waals surface area contributed by atoms with Gasteiger partial charge in [-0.05, 0) is 26.8 Å². The van der Waals surface area contributed by atoms with E-state index in [1.54, 1.807) is 23.5 Å². The minimum atomic E-state index is -0.383. The van der Waals surface area contributed by atoms with E-state index >= 15 is 0 Å². The van der Waals surface area contributed by atoms with Gasteiger partial charge in [-0.25, -0.2) is 0 Å². The molecule has 2 N–H and O–H groups in total. The number of furan rings is 1. The number of carbonyl (C=O) groups excluding carboxylic acids is 2. The molecule has 0 bridgehead atoms. The second-order valence-corrected chi connectivity index (χ2v) is 9.48. The number of carbonyl (C=O) groups is 2. The Hall–Kier alpha value is -1.93. The van der Waals surface area contributed by atoms with Crippen LogP contribution >= 0.6 is 23.5 Å². The van der Waals surface area contributed by atoms with Crippen molar-refractivity contribution in [2.45, 2.75) is 32.1 Å². The highest BCUT2D eigenvalue weighted by atomic mass is 32.2. The maximum Gasteiger partial charge on any atom is 0.287 e. The summed E-state index contributed by atoms with van der Waals surface area (Å²) < 4.78 is 6.84. The smallest absolute Gasteiger partial charge is 0.287 e. The molecule has 0 aliphatic carbocycles. The minimum Gasteiger partial charge on any atom is -0.451 e. The maximum atomic E-state index is 12.7. The lowest BCUT2D eigenvalue weighted by Crippen LogP contribution is -2.45. The molecule has 0 fully saturated rings. The summed E-state index contributed by atoms with van der Waals surface area (Å²) in [6.45, 7) is 6.43. The monoisotopic (exact) mass is 405 g/mol. The molecule has 144 valence electrons. The van der Waals surface area contributed by atoms with Crippen LogP contribution in [0.4, 0.5) is 0 Å². The standard InChI is InChI=1S/C19H23N3O3S2/c1-19(2,3)22-15(23)10-21-17(24)16-13(11-27-18-20-8-9-26-18)12-6-4-5-7-14(12)25-16/h4-7H,8-11H2,1-3H3,(H,21,24)(H,22,23). The Morgan fingerprint density at radius 1 is 1.30 bits per heavy atom. The third-order valence-electron chi connectivity index (χ3n) is 3.73. The summed E-state index contributed by atoms with van der Waals surface area (Å²) in [5, 5.41) is 6.40. The van der Waals surface area contributed by atoms with Crippen LogP contribution < -0.4 is 10.6 Å². The van der Waals surface area contributed by atoms with Crippen LogP contribution in [-0.2, 0) is 10.5 Å². The van der Waals surface area contributed by atoms with Gasteiger partial charge in [0.1, 0.15) is 9.96 Å². The topological polar surface area (TPSA) is 83.7 Å². The second kappa shape index (κ2) is 8.39. The first-order valence-corrected chi connectivity index (χ1v) is 10.7. The van der Waals surface area contributed by atoms with Gasteiger partial charge in [0.25, 0.3) is 5.91 Å². The molecule has 6 nitrogen and oxygen atoms in total. The van der Waals surface area contributed by atoms with Crippen LogP contribution in [0.5, 0.6) is 0 Å². The molecular formula is C19H23N3O3S2. The van der Waals surface area contributed by atoms with Crippen LogP contribution in [-0.4, -0.2) is 40.6 Å². The van der Waals surface area contributed by atoms with E-state index in [-0.39, 0.29) is 29.7 Å². The van der Waals surface area contributed by atoms with E-state index in [0.717, 1.165) is 27.6 Å². The quantitative estimate of drug-likeness (QED) is 0.796. The Labute approximate surface area is 166 Å². The molecule has 8 heteroatoms. The van der Waals surface area contributed by atoms with Crippen molar-refractivity contribution in [3.05, 3.63) is 35.6 Å². The first-order valence-electron chi connectivity index (χ1n) is 8.73. The first-order chi connectivity index (χ1) is 12.8. The summed E-state index contributed by atoms with van der Waals surface area (Å²) in [6, 6.07) is 7.58. The Kier molecular flexibility index (Phi) is 6.16. The summed E-state index contributed by atoms with van der Waals surface area (Å²) in [5.74, 6) is 1.24. The second-order valence-electron chi connectivity index (χ2n) is 7.17. The molecule has 0 atom stereocenters. The van der Waals surface area contributed by atoms with Crippen LogP contribution in [0.3, 0.4) is 0 Å². The molecule has 0 radical (unpaired) electrons. The molecule has 2 aromatic rings. The molecule has 1 aliphatic rings. The number of fused-ring (bicyclic) bond motifs is 1. The van der Waals surface area contributed by atoms with E-state index in [1.165, 1.54) is 0 Å². The summed E-state index contributed by atoms with van der Waals surface area (Å²) in [5.41, 5.74) is 1.15. The Bertz CT molecular complexity index is 884. The third kappa shape index (κ3) is 5.29. The molecule has 0 unspecified atom stereocenters. The highest BCUT2D eigenvalue weighted by molar-refractivity contribution is 8.38. The van der Waals surface area contributed by atoms with Gasteiger partial charge in [-0.1, -0.05) is 41.7 Å². The summed E-state index contributed by atoms with van der Waals surface area (Å²) in [7, 11) is 0. The third-order valence-corrected chi connectivity index (χ3v) is 6.01. The zero-order valence-corrected chi connectivity index (χ0v) is 17.3. The Morgan fingerprint density at radius 2 is 2.07 bits per heavy atom. The fourth-order valence-corrected chi connectivity index (χ4v) is 4.70. The van der Waals surface area contributed by atoms with Crippen molar-refractivity contribution in [3.8, 4) is 0 Å². The molecule has 1 aromatic heterocycles. The average molecular weight is 406 g/mol. The van der Waals surface area contributed by atoms with Crippen LogP contribution in [0.1, 0.15) is 36.9 Å². The Morgan fingerprint density at radius 3 is 2.78 bits per heavy atom. The molecule has 27 heavy (non-hydrogen) atoms. The summed E-state index contributed by atoms with van der Waals surface area (Å²) in [6.07, 6.45) is 0. The molecule has 1 aromatic carbocycles. The molecule has 0 saturated heterocycles. The van der Waals surface area contributed by atoms with Crippen molar-refractivity contribution >= 4 is 50.7 Å². The van der Waals surface area contributed by atoms with E-state index < -0.39 is 0 Å². The number of para-hydroxylation sites is 1. The highest BCUT2D eigenvalue weighted by Gasteiger charge is 2.22. The van der Waals surface area contributed by atoms with Crippen LogP contribution in [0.25, 0.3) is 11.0 Å². The average Bonchev–Trinajstić information content (AvgIpc) is 3.23. The van der Waals surface area contributed by atoms with Crippen LogP contribution in [0, 0.1) is 0 Å². The number of benzene rings is 1. The number of nitrogens with one attached hydrogen (secondary N) is 2. The van der Waals surface area contributed by atoms with Gasteiger partial charge in [0.2, 0.25) is 5.91 Å². The fourth-order valence-electron chi connectivity index (χ4n) is 2.67. The minimum absolute atomic E-state index is 0.0949. The van der Waals surface area contributed by atoms with Gasteiger partial charge in [0, 0.05) is 28.0 Å². The molecule has 2 heterocycles. The number of hydrogen-bond acceptors (Lipinski definition) is 6. The van der Waals surface area contributed by atoms with Gasteiger partial charge >= 0.3 is 0 Å². The van der Waals surface area contributed by atoms with Crippen molar-refractivity contribution < 1.29 is 14.0 Å².